The van der Waals surface area contributed by atoms with E-state index in [0.29, 0.717) is 10.7 Å². The standard InChI is InChI=1S/C7H5ClN2O/c8-7-5-3-1-2-4-6(5)10(11)9-7/h1-4,11H. The van der Waals surface area contributed by atoms with Crippen molar-refractivity contribution in [1.29, 1.82) is 0 Å². The molecule has 0 aliphatic rings. The van der Waals surface area contributed by atoms with Crippen LogP contribution < -0.4 is 0 Å². The zero-order valence-electron chi connectivity index (χ0n) is 5.53. The Kier molecular flexibility index (Phi) is 1.26. The van der Waals surface area contributed by atoms with Gasteiger partial charge in [0.2, 0.25) is 0 Å². The highest BCUT2D eigenvalue weighted by molar-refractivity contribution is 6.34. The van der Waals surface area contributed by atoms with Crippen LogP contribution in [-0.2, 0) is 0 Å². The number of hydrogen-bond acceptors (Lipinski definition) is 2. The molecule has 0 bridgehead atoms. The van der Waals surface area contributed by atoms with Crippen LogP contribution in [0.2, 0.25) is 5.15 Å². The van der Waals surface area contributed by atoms with Gasteiger partial charge >= 0.3 is 0 Å². The van der Waals surface area contributed by atoms with E-state index in [1.165, 1.54) is 0 Å². The lowest BCUT2D eigenvalue weighted by atomic mass is 10.3. The minimum Gasteiger partial charge on any atom is -0.411 e. The fourth-order valence-electron chi connectivity index (χ4n) is 1.01. The molecular formula is C7H5ClN2O. The zero-order chi connectivity index (χ0) is 7.84. The molecule has 0 aliphatic heterocycles. The Balaban J connectivity index is 2.95. The van der Waals surface area contributed by atoms with Gasteiger partial charge in [0.05, 0.1) is 0 Å². The molecule has 0 aliphatic carbocycles. The van der Waals surface area contributed by atoms with Crippen LogP contribution in [0.3, 0.4) is 0 Å². The number of rotatable bonds is 0. The van der Waals surface area contributed by atoms with Gasteiger partial charge in [-0.05, 0) is 12.1 Å². The monoisotopic (exact) mass is 168 g/mol. The number of nitrogens with zero attached hydrogens (tertiary/aromatic N) is 2. The summed E-state index contributed by atoms with van der Waals surface area (Å²) in [6.45, 7) is 0. The van der Waals surface area contributed by atoms with Crippen molar-refractivity contribution in [3.05, 3.63) is 29.4 Å². The first-order valence-corrected chi connectivity index (χ1v) is 3.49. The minimum absolute atomic E-state index is 0.322. The van der Waals surface area contributed by atoms with E-state index < -0.39 is 0 Å². The largest absolute Gasteiger partial charge is 0.411 e. The van der Waals surface area contributed by atoms with E-state index in [1.807, 2.05) is 12.1 Å². The van der Waals surface area contributed by atoms with Crippen LogP contribution in [0.5, 0.6) is 0 Å². The van der Waals surface area contributed by atoms with E-state index in [0.717, 1.165) is 10.2 Å². The molecule has 1 aromatic carbocycles. The summed E-state index contributed by atoms with van der Waals surface area (Å²) in [6.07, 6.45) is 0. The number of hydrogen-bond donors (Lipinski definition) is 1. The Hall–Kier alpha value is -1.22. The first kappa shape index (κ1) is 6.49. The molecule has 4 heteroatoms. The molecule has 0 fully saturated rings. The molecule has 11 heavy (non-hydrogen) atoms. The maximum absolute atomic E-state index is 9.11. The number of fused-ring (bicyclic) bond motifs is 1. The normalized spacial score (nSPS) is 10.6. The van der Waals surface area contributed by atoms with Gasteiger partial charge in [0, 0.05) is 5.39 Å². The number of para-hydroxylation sites is 1. The molecule has 0 amide bonds. The SMILES string of the molecule is On1nc(Cl)c2ccccc21. The molecular weight excluding hydrogens is 164 g/mol. The van der Waals surface area contributed by atoms with Crippen LogP contribution in [-0.4, -0.2) is 15.2 Å². The van der Waals surface area contributed by atoms with Crippen molar-refractivity contribution >= 4 is 22.5 Å². The lowest BCUT2D eigenvalue weighted by Gasteiger charge is -1.88. The third-order valence-electron chi connectivity index (χ3n) is 1.52. The van der Waals surface area contributed by atoms with Gasteiger partial charge < -0.3 is 5.21 Å². The molecule has 1 heterocycles. The second-order valence-electron chi connectivity index (χ2n) is 2.20. The fraction of sp³-hybridized carbons (Fsp3) is 0. The highest BCUT2D eigenvalue weighted by Gasteiger charge is 2.04. The maximum Gasteiger partial charge on any atom is 0.162 e. The van der Waals surface area contributed by atoms with Gasteiger partial charge in [-0.15, -0.1) is 9.94 Å². The van der Waals surface area contributed by atoms with Gasteiger partial charge in [-0.1, -0.05) is 23.7 Å². The van der Waals surface area contributed by atoms with Gasteiger partial charge in [0.25, 0.3) is 0 Å². The van der Waals surface area contributed by atoms with E-state index in [-0.39, 0.29) is 0 Å². The van der Waals surface area contributed by atoms with E-state index >= 15 is 0 Å². The van der Waals surface area contributed by atoms with E-state index in [2.05, 4.69) is 5.10 Å². The summed E-state index contributed by atoms with van der Waals surface area (Å²) < 4.78 is 0. The maximum atomic E-state index is 9.11. The summed E-state index contributed by atoms with van der Waals surface area (Å²) in [6, 6.07) is 7.20. The molecule has 0 atom stereocenters. The molecule has 2 aromatic rings. The zero-order valence-corrected chi connectivity index (χ0v) is 6.28. The minimum atomic E-state index is 0.322. The third kappa shape index (κ3) is 0.851. The average molecular weight is 169 g/mol. The number of aromatic nitrogens is 2. The summed E-state index contributed by atoms with van der Waals surface area (Å²) >= 11 is 5.69. The summed E-state index contributed by atoms with van der Waals surface area (Å²) in [5, 5.41) is 13.8. The van der Waals surface area contributed by atoms with Gasteiger partial charge in [-0.2, -0.15) is 0 Å². The number of halogens is 1. The number of benzene rings is 1. The van der Waals surface area contributed by atoms with Crippen LogP contribution >= 0.6 is 11.6 Å². The molecule has 0 unspecified atom stereocenters. The van der Waals surface area contributed by atoms with Gasteiger partial charge in [0.1, 0.15) is 5.52 Å². The Morgan fingerprint density at radius 3 is 2.82 bits per heavy atom. The second-order valence-corrected chi connectivity index (χ2v) is 2.56. The summed E-state index contributed by atoms with van der Waals surface area (Å²) in [4.78, 5) is 0.775. The van der Waals surface area contributed by atoms with Crippen LogP contribution in [0.4, 0.5) is 0 Å². The van der Waals surface area contributed by atoms with Crippen molar-refractivity contribution in [2.75, 3.05) is 0 Å². The van der Waals surface area contributed by atoms with Crippen molar-refractivity contribution in [3.8, 4) is 0 Å². The van der Waals surface area contributed by atoms with Crippen LogP contribution in [0.15, 0.2) is 24.3 Å². The lowest BCUT2D eigenvalue weighted by molar-refractivity contribution is 0.161. The highest BCUT2D eigenvalue weighted by Crippen LogP contribution is 2.20. The average Bonchev–Trinajstić information content (AvgIpc) is 2.30. The summed E-state index contributed by atoms with van der Waals surface area (Å²) in [7, 11) is 0. The smallest absolute Gasteiger partial charge is 0.162 e. The predicted octanol–water partition coefficient (Wildman–Crippen LogP) is 1.93. The summed E-state index contributed by atoms with van der Waals surface area (Å²) in [5.74, 6) is 0. The Morgan fingerprint density at radius 1 is 1.36 bits per heavy atom. The van der Waals surface area contributed by atoms with E-state index in [4.69, 9.17) is 16.8 Å². The Bertz CT molecular complexity index is 360. The first-order valence-electron chi connectivity index (χ1n) is 3.11. The Labute approximate surface area is 67.8 Å². The molecule has 56 valence electrons. The van der Waals surface area contributed by atoms with Crippen LogP contribution in [0.1, 0.15) is 0 Å². The van der Waals surface area contributed by atoms with E-state index in [9.17, 15) is 0 Å². The lowest BCUT2D eigenvalue weighted by Crippen LogP contribution is -1.90. The third-order valence-corrected chi connectivity index (χ3v) is 1.80. The summed E-state index contributed by atoms with van der Waals surface area (Å²) in [5.41, 5.74) is 0.623. The van der Waals surface area contributed by atoms with Crippen molar-refractivity contribution in [3.63, 3.8) is 0 Å². The molecule has 0 spiro atoms. The highest BCUT2D eigenvalue weighted by atomic mass is 35.5. The second kappa shape index (κ2) is 2.13. The van der Waals surface area contributed by atoms with Crippen molar-refractivity contribution in [2.45, 2.75) is 0 Å². The van der Waals surface area contributed by atoms with Crippen LogP contribution in [0, 0.1) is 0 Å². The molecule has 2 rings (SSSR count). The van der Waals surface area contributed by atoms with Gasteiger partial charge in [-0.25, -0.2) is 0 Å². The fourth-order valence-corrected chi connectivity index (χ4v) is 1.24. The predicted molar refractivity (Wildman–Crippen MR) is 41.9 cm³/mol. The molecule has 0 radical (unpaired) electrons. The quantitative estimate of drug-likeness (QED) is 0.611. The Morgan fingerprint density at radius 2 is 2.09 bits per heavy atom. The molecule has 1 aromatic heterocycles. The molecule has 1 N–H and O–H groups in total. The van der Waals surface area contributed by atoms with Gasteiger partial charge in [-0.3, -0.25) is 0 Å². The van der Waals surface area contributed by atoms with Gasteiger partial charge in [0.15, 0.2) is 5.15 Å². The van der Waals surface area contributed by atoms with Crippen molar-refractivity contribution < 1.29 is 5.21 Å². The van der Waals surface area contributed by atoms with Crippen molar-refractivity contribution in [2.24, 2.45) is 0 Å². The molecule has 0 saturated heterocycles. The van der Waals surface area contributed by atoms with Crippen LogP contribution in [0.25, 0.3) is 10.9 Å². The molecule has 0 saturated carbocycles. The topological polar surface area (TPSA) is 38.0 Å². The van der Waals surface area contributed by atoms with Crippen molar-refractivity contribution in [1.82, 2.24) is 9.94 Å². The van der Waals surface area contributed by atoms with E-state index in [1.54, 1.807) is 12.1 Å². The first-order chi connectivity index (χ1) is 5.29. The molecule has 3 nitrogen and oxygen atoms in total.